The minimum Gasteiger partial charge on any atom is -0.296 e. The summed E-state index contributed by atoms with van der Waals surface area (Å²) in [6.07, 6.45) is 1.42. The number of rotatable bonds is 2. The van der Waals surface area contributed by atoms with Crippen LogP contribution in [0.4, 0.5) is 5.69 Å². The second-order valence-electron chi connectivity index (χ2n) is 3.79. The zero-order chi connectivity index (χ0) is 15.0. The average Bonchev–Trinajstić information content (AvgIpc) is 2.61. The number of nitro groups is 1. The van der Waals surface area contributed by atoms with Crippen LogP contribution in [0.3, 0.4) is 0 Å². The fraction of sp³-hybridized carbons (Fsp3) is 0.0909. The summed E-state index contributed by atoms with van der Waals surface area (Å²) >= 11 is 18.0. The van der Waals surface area contributed by atoms with E-state index < -0.39 is 4.92 Å². The van der Waals surface area contributed by atoms with E-state index in [1.54, 1.807) is 7.05 Å². The summed E-state index contributed by atoms with van der Waals surface area (Å²) in [5, 5.41) is 11.0. The van der Waals surface area contributed by atoms with Crippen molar-refractivity contribution in [2.75, 3.05) is 7.05 Å². The summed E-state index contributed by atoms with van der Waals surface area (Å²) < 4.78 is 0.402. The minimum atomic E-state index is -0.610. The molecule has 1 heterocycles. The number of carbonyl (C=O) groups excluding carboxylic acids is 1. The maximum absolute atomic E-state index is 11.9. The maximum atomic E-state index is 11.9. The van der Waals surface area contributed by atoms with E-state index in [0.29, 0.717) is 9.23 Å². The number of halogens is 2. The lowest BCUT2D eigenvalue weighted by Crippen LogP contribution is -2.22. The van der Waals surface area contributed by atoms with E-state index >= 15 is 0 Å². The molecule has 0 bridgehead atoms. The highest BCUT2D eigenvalue weighted by Crippen LogP contribution is 2.38. The molecule has 1 aliphatic heterocycles. The molecule has 9 heteroatoms. The first-order chi connectivity index (χ1) is 9.32. The van der Waals surface area contributed by atoms with Gasteiger partial charge in [0.1, 0.15) is 9.34 Å². The molecule has 1 fully saturated rings. The van der Waals surface area contributed by atoms with Crippen molar-refractivity contribution in [2.24, 2.45) is 0 Å². The van der Waals surface area contributed by atoms with Crippen LogP contribution in [0.2, 0.25) is 10.0 Å². The van der Waals surface area contributed by atoms with Gasteiger partial charge in [-0.2, -0.15) is 0 Å². The van der Waals surface area contributed by atoms with Crippen molar-refractivity contribution in [1.82, 2.24) is 4.90 Å². The van der Waals surface area contributed by atoms with Crippen LogP contribution in [0.1, 0.15) is 5.56 Å². The Morgan fingerprint density at radius 3 is 2.60 bits per heavy atom. The predicted octanol–water partition coefficient (Wildman–Crippen LogP) is 3.73. The smallest absolute Gasteiger partial charge is 0.288 e. The van der Waals surface area contributed by atoms with Gasteiger partial charge in [-0.1, -0.05) is 47.2 Å². The quantitative estimate of drug-likeness (QED) is 0.352. The highest BCUT2D eigenvalue weighted by molar-refractivity contribution is 8.26. The van der Waals surface area contributed by atoms with Crippen molar-refractivity contribution in [1.29, 1.82) is 0 Å². The number of nitrogens with zero attached hydrogens (tertiary/aromatic N) is 2. The van der Waals surface area contributed by atoms with Crippen molar-refractivity contribution >= 4 is 69.2 Å². The first kappa shape index (κ1) is 15.2. The molecule has 1 amide bonds. The standard InChI is InChI=1S/C11H6Cl2N2O3S2/c1-14-10(16)8(20-11(14)19)4-5-6(12)2-3-7(9(5)13)15(17)18/h2-4H,1H3/b8-4-. The normalized spacial score (nSPS) is 17.1. The fourth-order valence-electron chi connectivity index (χ4n) is 1.51. The topological polar surface area (TPSA) is 63.5 Å². The van der Waals surface area contributed by atoms with Crippen LogP contribution in [0.15, 0.2) is 17.0 Å². The van der Waals surface area contributed by atoms with E-state index in [2.05, 4.69) is 0 Å². The van der Waals surface area contributed by atoms with Gasteiger partial charge in [0.15, 0.2) is 0 Å². The lowest BCUT2D eigenvalue weighted by molar-refractivity contribution is -0.384. The van der Waals surface area contributed by atoms with Crippen molar-refractivity contribution in [3.05, 3.63) is 42.8 Å². The minimum absolute atomic E-state index is 0.108. The van der Waals surface area contributed by atoms with Crippen molar-refractivity contribution < 1.29 is 9.72 Å². The molecule has 0 atom stereocenters. The van der Waals surface area contributed by atoms with Gasteiger partial charge >= 0.3 is 0 Å². The van der Waals surface area contributed by atoms with Crippen molar-refractivity contribution in [3.63, 3.8) is 0 Å². The highest BCUT2D eigenvalue weighted by atomic mass is 35.5. The van der Waals surface area contributed by atoms with Crippen LogP contribution in [-0.4, -0.2) is 27.1 Å². The van der Waals surface area contributed by atoms with E-state index in [0.717, 1.165) is 11.8 Å². The van der Waals surface area contributed by atoms with Crippen LogP contribution in [0, 0.1) is 10.1 Å². The molecule has 0 aliphatic carbocycles. The van der Waals surface area contributed by atoms with Gasteiger partial charge in [0.25, 0.3) is 11.6 Å². The number of thioether (sulfide) groups is 1. The molecule has 2 rings (SSSR count). The number of amides is 1. The van der Waals surface area contributed by atoms with E-state index in [1.165, 1.54) is 23.1 Å². The summed E-state index contributed by atoms with van der Waals surface area (Å²) in [4.78, 5) is 23.8. The maximum Gasteiger partial charge on any atom is 0.288 e. The Balaban J connectivity index is 2.54. The third-order valence-electron chi connectivity index (χ3n) is 2.56. The molecule has 0 N–H and O–H groups in total. The van der Waals surface area contributed by atoms with Crippen molar-refractivity contribution in [3.8, 4) is 0 Å². The fourth-order valence-corrected chi connectivity index (χ4v) is 3.22. The van der Waals surface area contributed by atoms with E-state index in [9.17, 15) is 14.9 Å². The Morgan fingerprint density at radius 1 is 1.45 bits per heavy atom. The molecule has 5 nitrogen and oxygen atoms in total. The van der Waals surface area contributed by atoms with Gasteiger partial charge in [0.2, 0.25) is 0 Å². The number of benzene rings is 1. The number of carbonyl (C=O) groups is 1. The molecule has 104 valence electrons. The van der Waals surface area contributed by atoms with E-state index in [-0.39, 0.29) is 27.2 Å². The summed E-state index contributed by atoms with van der Waals surface area (Å²) in [6, 6.07) is 2.58. The number of hydrogen-bond acceptors (Lipinski definition) is 5. The Hall–Kier alpha value is -1.15. The first-order valence-electron chi connectivity index (χ1n) is 5.17. The van der Waals surface area contributed by atoms with Crippen LogP contribution in [0.5, 0.6) is 0 Å². The lowest BCUT2D eigenvalue weighted by atomic mass is 10.1. The third kappa shape index (κ3) is 2.67. The van der Waals surface area contributed by atoms with Gasteiger partial charge in [-0.25, -0.2) is 0 Å². The van der Waals surface area contributed by atoms with Gasteiger partial charge in [-0.05, 0) is 12.1 Å². The molecule has 1 aromatic rings. The SMILES string of the molecule is CN1C(=O)/C(=C/c2c(Cl)ccc([N+](=O)[O-])c2Cl)SC1=S. The monoisotopic (exact) mass is 348 g/mol. The summed E-state index contributed by atoms with van der Waals surface area (Å²) in [6.45, 7) is 0. The molecule has 0 saturated carbocycles. The highest BCUT2D eigenvalue weighted by Gasteiger charge is 2.29. The second kappa shape index (κ2) is 5.69. The Morgan fingerprint density at radius 2 is 2.10 bits per heavy atom. The largest absolute Gasteiger partial charge is 0.296 e. The summed E-state index contributed by atoms with van der Waals surface area (Å²) in [7, 11) is 1.55. The van der Waals surface area contributed by atoms with Crippen LogP contribution >= 0.6 is 47.2 Å². The second-order valence-corrected chi connectivity index (χ2v) is 6.25. The molecule has 0 spiro atoms. The Labute approximate surface area is 133 Å². The number of likely N-dealkylation sites (N-methyl/N-ethyl adjacent to an activating group) is 1. The van der Waals surface area contributed by atoms with Crippen molar-refractivity contribution in [2.45, 2.75) is 0 Å². The van der Waals surface area contributed by atoms with Crippen LogP contribution in [-0.2, 0) is 4.79 Å². The average molecular weight is 349 g/mol. The predicted molar refractivity (Wildman–Crippen MR) is 84.1 cm³/mol. The summed E-state index contributed by atoms with van der Waals surface area (Å²) in [5.41, 5.74) is -0.0363. The van der Waals surface area contributed by atoms with Gasteiger partial charge in [-0.15, -0.1) is 0 Å². The Bertz CT molecular complexity index is 676. The molecule has 1 aliphatic rings. The molecule has 20 heavy (non-hydrogen) atoms. The lowest BCUT2D eigenvalue weighted by Gasteiger charge is -2.05. The third-order valence-corrected chi connectivity index (χ3v) is 4.78. The van der Waals surface area contributed by atoms with Gasteiger partial charge in [0, 0.05) is 23.7 Å². The van der Waals surface area contributed by atoms with Gasteiger partial charge in [-0.3, -0.25) is 19.8 Å². The van der Waals surface area contributed by atoms with Crippen LogP contribution in [0.25, 0.3) is 6.08 Å². The number of thiocarbonyl (C=S) groups is 1. The molecule has 1 aromatic carbocycles. The molecule has 0 unspecified atom stereocenters. The molecular weight excluding hydrogens is 343 g/mol. The van der Waals surface area contributed by atoms with Gasteiger partial charge < -0.3 is 0 Å². The molecule has 1 saturated heterocycles. The Kier molecular flexibility index (Phi) is 4.33. The number of nitro benzene ring substituents is 1. The van der Waals surface area contributed by atoms with E-state index in [4.69, 9.17) is 35.4 Å². The molecule has 0 radical (unpaired) electrons. The van der Waals surface area contributed by atoms with Gasteiger partial charge in [0.05, 0.1) is 9.83 Å². The number of hydrogen-bond donors (Lipinski definition) is 0. The van der Waals surface area contributed by atoms with Crippen LogP contribution < -0.4 is 0 Å². The first-order valence-corrected chi connectivity index (χ1v) is 7.15. The molecule has 0 aromatic heterocycles. The zero-order valence-corrected chi connectivity index (χ0v) is 13.1. The zero-order valence-electron chi connectivity index (χ0n) is 9.92. The summed E-state index contributed by atoms with van der Waals surface area (Å²) in [5.74, 6) is -0.293. The van der Waals surface area contributed by atoms with E-state index in [1.807, 2.05) is 0 Å². The molecular formula is C11H6Cl2N2O3S2.